The maximum atomic E-state index is 13.6. The van der Waals surface area contributed by atoms with Gasteiger partial charge in [0.05, 0.1) is 0 Å². The third-order valence-corrected chi connectivity index (χ3v) is 4.70. The molecule has 0 nitrogen and oxygen atoms in total. The molecule has 0 unspecified atom stereocenters. The molecule has 2 rings (SSSR count). The molecular formula is C21H29ArF3. The Bertz CT molecular complexity index is 562. The third kappa shape index (κ3) is 7.48. The number of hydrogen-bond acceptors (Lipinski definition) is 0. The quantitative estimate of drug-likeness (QED) is 0.440. The Hall–Kier alpha value is -0.250. The summed E-state index contributed by atoms with van der Waals surface area (Å²) in [7, 11) is 0. The van der Waals surface area contributed by atoms with Crippen LogP contribution in [-0.2, 0) is 0 Å². The van der Waals surface area contributed by atoms with Gasteiger partial charge >= 0.3 is 0 Å². The molecule has 1 fully saturated rings. The van der Waals surface area contributed by atoms with Crippen molar-refractivity contribution in [2.24, 2.45) is 11.8 Å². The second-order valence-electron chi connectivity index (χ2n) is 6.37. The van der Waals surface area contributed by atoms with Gasteiger partial charge in [0.15, 0.2) is 5.83 Å². The topological polar surface area (TPSA) is 0 Å². The molecule has 1 saturated carbocycles. The largest absolute Gasteiger partial charge is 0.209 e. The summed E-state index contributed by atoms with van der Waals surface area (Å²) in [5.41, 5.74) is 2.23. The van der Waals surface area contributed by atoms with E-state index in [0.717, 1.165) is 36.8 Å². The van der Waals surface area contributed by atoms with E-state index in [1.54, 1.807) is 6.92 Å². The van der Waals surface area contributed by atoms with E-state index < -0.39 is 11.7 Å². The maximum Gasteiger partial charge on any atom is 0.154 e. The van der Waals surface area contributed by atoms with Crippen molar-refractivity contribution in [2.75, 3.05) is 0 Å². The predicted molar refractivity (Wildman–Crippen MR) is 96.5 cm³/mol. The van der Waals surface area contributed by atoms with Crippen molar-refractivity contribution in [1.29, 1.82) is 0 Å². The molecule has 0 heterocycles. The van der Waals surface area contributed by atoms with Gasteiger partial charge in [-0.2, -0.15) is 0 Å². The molecule has 0 atom stereocenters. The first-order chi connectivity index (χ1) is 11.4. The third-order valence-electron chi connectivity index (χ3n) is 4.70. The number of halogens is 3. The number of hydrogen-bond donors (Lipinski definition) is 0. The smallest absolute Gasteiger partial charge is 0.154 e. The van der Waals surface area contributed by atoms with Crippen LogP contribution < -0.4 is 0 Å². The minimum atomic E-state index is -0.709. The van der Waals surface area contributed by atoms with E-state index >= 15 is 0 Å². The van der Waals surface area contributed by atoms with Crippen LogP contribution in [0.15, 0.2) is 59.5 Å². The van der Waals surface area contributed by atoms with Crippen LogP contribution in [0.1, 0.15) is 59.3 Å². The van der Waals surface area contributed by atoms with Crippen molar-refractivity contribution in [1.82, 2.24) is 0 Å². The van der Waals surface area contributed by atoms with Gasteiger partial charge in [0.2, 0.25) is 0 Å². The molecule has 0 aromatic carbocycles. The Balaban J connectivity index is 0.00000185. The second-order valence-corrected chi connectivity index (χ2v) is 6.37. The zero-order valence-corrected chi connectivity index (χ0v) is 16.2. The SMILES string of the molecule is C=C(C)/C(F)=C\C(=C)C1CCC(C2=CC(F)=C(F)CC2)CC1.CC.[Ar]. The first-order valence-electron chi connectivity index (χ1n) is 8.85. The summed E-state index contributed by atoms with van der Waals surface area (Å²) in [6.07, 6.45) is 7.31. The first kappa shape index (κ1) is 24.7. The fourth-order valence-electron chi connectivity index (χ4n) is 3.25. The molecule has 0 saturated heterocycles. The van der Waals surface area contributed by atoms with Gasteiger partial charge in [-0.15, -0.1) is 0 Å². The summed E-state index contributed by atoms with van der Waals surface area (Å²) < 4.78 is 40.0. The average Bonchev–Trinajstić information content (AvgIpc) is 2.59. The molecule has 0 radical (unpaired) electrons. The van der Waals surface area contributed by atoms with Crippen LogP contribution in [0.2, 0.25) is 0 Å². The van der Waals surface area contributed by atoms with Crippen LogP contribution >= 0.6 is 0 Å². The summed E-state index contributed by atoms with van der Waals surface area (Å²) in [5.74, 6) is -1.07. The standard InChI is InChI=1S/C19H23F3.C2H6.Ar/c1-12(2)18(21)10-13(3)14-4-6-15(7-5-14)16-8-9-17(20)19(22)11-16;1-2;/h10-11,14-15H,1,3-9H2,2H3;1-2H3;/b18-10+;;. The zero-order chi connectivity index (χ0) is 18.3. The summed E-state index contributed by atoms with van der Waals surface area (Å²) >= 11 is 0. The van der Waals surface area contributed by atoms with Crippen molar-refractivity contribution in [2.45, 2.75) is 59.3 Å². The molecule has 4 heteroatoms. The van der Waals surface area contributed by atoms with Gasteiger partial charge in [0.1, 0.15) is 11.7 Å². The van der Waals surface area contributed by atoms with Gasteiger partial charge < -0.3 is 0 Å². The second kappa shape index (κ2) is 12.2. The Morgan fingerprint density at radius 1 is 1.08 bits per heavy atom. The average molecular weight is 378 g/mol. The van der Waals surface area contributed by atoms with Gasteiger partial charge in [-0.3, -0.25) is 0 Å². The fraction of sp³-hybridized carbons (Fsp3) is 0.524. The van der Waals surface area contributed by atoms with Crippen LogP contribution in [-0.4, -0.2) is 0 Å². The Morgan fingerprint density at radius 3 is 2.12 bits per heavy atom. The minimum absolute atomic E-state index is 0. The molecule has 0 bridgehead atoms. The molecule has 25 heavy (non-hydrogen) atoms. The van der Waals surface area contributed by atoms with Crippen LogP contribution in [0.4, 0.5) is 13.2 Å². The van der Waals surface area contributed by atoms with E-state index in [1.807, 2.05) is 13.8 Å². The van der Waals surface area contributed by atoms with Crippen molar-refractivity contribution in [3.63, 3.8) is 0 Å². The summed E-state index contributed by atoms with van der Waals surface area (Å²) in [6.45, 7) is 13.2. The van der Waals surface area contributed by atoms with E-state index in [-0.39, 0.29) is 55.9 Å². The van der Waals surface area contributed by atoms with Gasteiger partial charge in [-0.25, -0.2) is 13.2 Å². The normalized spacial score (nSPS) is 23.8. The van der Waals surface area contributed by atoms with E-state index in [0.29, 0.717) is 17.9 Å². The monoisotopic (exact) mass is 378 g/mol. The Morgan fingerprint density at radius 2 is 1.64 bits per heavy atom. The molecule has 2 aliphatic rings. The van der Waals surface area contributed by atoms with Crippen LogP contribution in [0.25, 0.3) is 0 Å². The van der Waals surface area contributed by atoms with E-state index in [4.69, 9.17) is 0 Å². The van der Waals surface area contributed by atoms with Gasteiger partial charge in [0, 0.05) is 44.2 Å². The van der Waals surface area contributed by atoms with Crippen molar-refractivity contribution >= 4 is 0 Å². The molecule has 142 valence electrons. The van der Waals surface area contributed by atoms with Gasteiger partial charge in [-0.1, -0.05) is 32.6 Å². The number of allylic oxidation sites excluding steroid dienone is 8. The van der Waals surface area contributed by atoms with Crippen LogP contribution in [0.3, 0.4) is 0 Å². The molecule has 0 aromatic heterocycles. The van der Waals surface area contributed by atoms with Gasteiger partial charge in [-0.05, 0) is 74.2 Å². The van der Waals surface area contributed by atoms with Gasteiger partial charge in [0.25, 0.3) is 0 Å². The van der Waals surface area contributed by atoms with Crippen molar-refractivity contribution in [3.05, 3.63) is 59.5 Å². The summed E-state index contributed by atoms with van der Waals surface area (Å²) in [4.78, 5) is 0. The van der Waals surface area contributed by atoms with Crippen molar-refractivity contribution < 1.29 is 50.9 Å². The first-order valence-corrected chi connectivity index (χ1v) is 8.85. The Labute approximate surface area is 180 Å². The van der Waals surface area contributed by atoms with E-state index in [2.05, 4.69) is 13.2 Å². The van der Waals surface area contributed by atoms with E-state index in [1.165, 1.54) is 12.2 Å². The molecule has 0 aromatic rings. The van der Waals surface area contributed by atoms with Crippen LogP contribution in [0.5, 0.6) is 0 Å². The maximum absolute atomic E-state index is 13.6. The fourth-order valence-corrected chi connectivity index (χ4v) is 3.25. The molecule has 0 N–H and O–H groups in total. The Kier molecular flexibility index (Phi) is 12.1. The summed E-state index contributed by atoms with van der Waals surface area (Å²) in [5, 5.41) is 0. The van der Waals surface area contributed by atoms with Crippen LogP contribution in [0, 0.1) is 49.6 Å². The minimum Gasteiger partial charge on any atom is -0.209 e. The summed E-state index contributed by atoms with van der Waals surface area (Å²) in [6, 6.07) is 0. The molecular weight excluding hydrogens is 349 g/mol. The predicted octanol–water partition coefficient (Wildman–Crippen LogP) is 7.68. The van der Waals surface area contributed by atoms with Crippen molar-refractivity contribution in [3.8, 4) is 0 Å². The molecule has 2 aliphatic carbocycles. The molecule has 0 spiro atoms. The molecule has 0 amide bonds. The number of rotatable bonds is 4. The zero-order valence-electron chi connectivity index (χ0n) is 15.5. The van der Waals surface area contributed by atoms with E-state index in [9.17, 15) is 13.2 Å². The molecule has 0 aliphatic heterocycles.